The Labute approximate surface area is 166 Å². The fourth-order valence-corrected chi connectivity index (χ4v) is 2.95. The van der Waals surface area contributed by atoms with Gasteiger partial charge in [0.2, 0.25) is 0 Å². The van der Waals surface area contributed by atoms with Crippen molar-refractivity contribution in [2.24, 2.45) is 0 Å². The number of benzene rings is 2. The summed E-state index contributed by atoms with van der Waals surface area (Å²) < 4.78 is 14.8. The molecule has 2 rings (SSSR count). The van der Waals surface area contributed by atoms with Gasteiger partial charge in [0.1, 0.15) is 5.82 Å². The van der Waals surface area contributed by atoms with Gasteiger partial charge in [0.25, 0.3) is 5.91 Å². The number of hydrogen-bond acceptors (Lipinski definition) is 2. The van der Waals surface area contributed by atoms with Crippen LogP contribution >= 0.6 is 15.9 Å². The molecule has 0 unspecified atom stereocenters. The van der Waals surface area contributed by atoms with Crippen LogP contribution in [0.25, 0.3) is 0 Å². The molecule has 3 N–H and O–H groups in total. The summed E-state index contributed by atoms with van der Waals surface area (Å²) in [4.78, 5) is 23.9. The van der Waals surface area contributed by atoms with Crippen molar-refractivity contribution in [2.75, 3.05) is 19.6 Å². The molecule has 3 amide bonds. The molecule has 0 heterocycles. The molecule has 144 valence electrons. The van der Waals surface area contributed by atoms with Crippen molar-refractivity contribution in [1.82, 2.24) is 16.0 Å². The SMILES string of the molecule is CC(C)(CNC(=O)NCCNC(=O)c1cccc(Br)c1)c1ccccc1F. The molecule has 2 aromatic carbocycles. The van der Waals surface area contributed by atoms with E-state index in [0.29, 0.717) is 17.7 Å². The number of amides is 3. The summed E-state index contributed by atoms with van der Waals surface area (Å²) in [6, 6.07) is 13.2. The van der Waals surface area contributed by atoms with E-state index in [1.54, 1.807) is 36.4 Å². The Kier molecular flexibility index (Phi) is 7.36. The predicted molar refractivity (Wildman–Crippen MR) is 107 cm³/mol. The number of urea groups is 1. The maximum Gasteiger partial charge on any atom is 0.314 e. The minimum atomic E-state index is -0.544. The Bertz CT molecular complexity index is 811. The number of halogens is 2. The Balaban J connectivity index is 1.72. The topological polar surface area (TPSA) is 70.2 Å². The van der Waals surface area contributed by atoms with Gasteiger partial charge in [0.05, 0.1) is 0 Å². The molecule has 0 saturated heterocycles. The van der Waals surface area contributed by atoms with Crippen LogP contribution in [0, 0.1) is 5.82 Å². The molecule has 7 heteroatoms. The number of carbonyl (C=O) groups is 2. The van der Waals surface area contributed by atoms with E-state index >= 15 is 0 Å². The fraction of sp³-hybridized carbons (Fsp3) is 0.300. The van der Waals surface area contributed by atoms with E-state index in [4.69, 9.17) is 0 Å². The maximum absolute atomic E-state index is 13.9. The zero-order valence-corrected chi connectivity index (χ0v) is 16.9. The van der Waals surface area contributed by atoms with Gasteiger partial charge in [-0.05, 0) is 29.8 Å². The second-order valence-electron chi connectivity index (χ2n) is 6.74. The van der Waals surface area contributed by atoms with Gasteiger partial charge >= 0.3 is 6.03 Å². The highest BCUT2D eigenvalue weighted by Gasteiger charge is 2.24. The van der Waals surface area contributed by atoms with Crippen LogP contribution in [0.1, 0.15) is 29.8 Å². The first-order valence-corrected chi connectivity index (χ1v) is 9.39. The number of hydrogen-bond donors (Lipinski definition) is 3. The van der Waals surface area contributed by atoms with E-state index in [1.807, 2.05) is 19.9 Å². The summed E-state index contributed by atoms with van der Waals surface area (Å²) in [5.41, 5.74) is 0.546. The minimum Gasteiger partial charge on any atom is -0.350 e. The molecule has 0 atom stereocenters. The summed E-state index contributed by atoms with van der Waals surface area (Å²) in [6.45, 7) is 4.60. The highest BCUT2D eigenvalue weighted by molar-refractivity contribution is 9.10. The van der Waals surface area contributed by atoms with Gasteiger partial charge in [-0.25, -0.2) is 9.18 Å². The van der Waals surface area contributed by atoms with Crippen LogP contribution in [0.4, 0.5) is 9.18 Å². The molecule has 27 heavy (non-hydrogen) atoms. The van der Waals surface area contributed by atoms with Gasteiger partial charge in [-0.1, -0.05) is 54.0 Å². The van der Waals surface area contributed by atoms with Crippen molar-refractivity contribution in [1.29, 1.82) is 0 Å². The van der Waals surface area contributed by atoms with E-state index in [1.165, 1.54) is 6.07 Å². The molecule has 0 radical (unpaired) electrons. The Morgan fingerprint density at radius 3 is 2.41 bits per heavy atom. The molecule has 0 fully saturated rings. The van der Waals surface area contributed by atoms with E-state index in [0.717, 1.165) is 4.47 Å². The van der Waals surface area contributed by atoms with Crippen LogP contribution in [0.15, 0.2) is 53.0 Å². The third-order valence-electron chi connectivity index (χ3n) is 4.08. The average Bonchev–Trinajstić information content (AvgIpc) is 2.63. The maximum atomic E-state index is 13.9. The van der Waals surface area contributed by atoms with Crippen LogP contribution in [0.2, 0.25) is 0 Å². The van der Waals surface area contributed by atoms with Crippen molar-refractivity contribution in [3.63, 3.8) is 0 Å². The average molecular weight is 436 g/mol. The number of rotatable bonds is 7. The summed E-state index contributed by atoms with van der Waals surface area (Å²) in [5.74, 6) is -0.501. The van der Waals surface area contributed by atoms with Crippen LogP contribution in [0.3, 0.4) is 0 Å². The summed E-state index contributed by atoms with van der Waals surface area (Å²) in [5, 5.41) is 8.15. The van der Waals surface area contributed by atoms with Crippen molar-refractivity contribution in [3.8, 4) is 0 Å². The van der Waals surface area contributed by atoms with Gasteiger partial charge < -0.3 is 16.0 Å². The Morgan fingerprint density at radius 1 is 1.00 bits per heavy atom. The zero-order valence-electron chi connectivity index (χ0n) is 15.3. The third-order valence-corrected chi connectivity index (χ3v) is 4.57. The third kappa shape index (κ3) is 6.36. The van der Waals surface area contributed by atoms with Crippen LogP contribution in [-0.2, 0) is 5.41 Å². The second-order valence-corrected chi connectivity index (χ2v) is 7.66. The fourth-order valence-electron chi connectivity index (χ4n) is 2.55. The molecular weight excluding hydrogens is 413 g/mol. The largest absolute Gasteiger partial charge is 0.350 e. The highest BCUT2D eigenvalue weighted by Crippen LogP contribution is 2.24. The number of nitrogens with one attached hydrogen (secondary N) is 3. The van der Waals surface area contributed by atoms with Gasteiger partial charge in [0.15, 0.2) is 0 Å². The van der Waals surface area contributed by atoms with Crippen molar-refractivity contribution < 1.29 is 14.0 Å². The molecule has 0 spiro atoms. The van der Waals surface area contributed by atoms with Crippen molar-refractivity contribution >= 4 is 27.9 Å². The Morgan fingerprint density at radius 2 is 1.70 bits per heavy atom. The molecule has 0 aromatic heterocycles. The van der Waals surface area contributed by atoms with E-state index in [9.17, 15) is 14.0 Å². The summed E-state index contributed by atoms with van der Waals surface area (Å²) in [6.07, 6.45) is 0. The summed E-state index contributed by atoms with van der Waals surface area (Å²) >= 11 is 3.32. The zero-order chi connectivity index (χ0) is 19.9. The smallest absolute Gasteiger partial charge is 0.314 e. The van der Waals surface area contributed by atoms with E-state index in [-0.39, 0.29) is 30.8 Å². The second kappa shape index (κ2) is 9.50. The molecule has 2 aromatic rings. The van der Waals surface area contributed by atoms with Crippen LogP contribution < -0.4 is 16.0 Å². The molecular formula is C20H23BrFN3O2. The Hall–Kier alpha value is -2.41. The molecule has 0 aliphatic carbocycles. The first kappa shape index (κ1) is 20.9. The summed E-state index contributed by atoms with van der Waals surface area (Å²) in [7, 11) is 0. The van der Waals surface area contributed by atoms with Gasteiger partial charge in [0, 0.05) is 35.1 Å². The predicted octanol–water partition coefficient (Wildman–Crippen LogP) is 3.60. The lowest BCUT2D eigenvalue weighted by atomic mass is 9.84. The van der Waals surface area contributed by atoms with Gasteiger partial charge in [-0.15, -0.1) is 0 Å². The van der Waals surface area contributed by atoms with Gasteiger partial charge in [-0.2, -0.15) is 0 Å². The lowest BCUT2D eigenvalue weighted by Crippen LogP contribution is -2.44. The van der Waals surface area contributed by atoms with Gasteiger partial charge in [-0.3, -0.25) is 4.79 Å². The first-order valence-electron chi connectivity index (χ1n) is 8.60. The van der Waals surface area contributed by atoms with E-state index < -0.39 is 5.41 Å². The van der Waals surface area contributed by atoms with Crippen molar-refractivity contribution in [2.45, 2.75) is 19.3 Å². The van der Waals surface area contributed by atoms with Crippen LogP contribution in [0.5, 0.6) is 0 Å². The van der Waals surface area contributed by atoms with Crippen molar-refractivity contribution in [3.05, 3.63) is 69.9 Å². The van der Waals surface area contributed by atoms with E-state index in [2.05, 4.69) is 31.9 Å². The normalized spacial score (nSPS) is 11.0. The standard InChI is InChI=1S/C20H23BrFN3O2/c1-20(2,16-8-3-4-9-17(16)22)13-25-19(27)24-11-10-23-18(26)14-6-5-7-15(21)12-14/h3-9,12H,10-11,13H2,1-2H3,(H,23,26)(H2,24,25,27). The molecule has 0 aliphatic heterocycles. The lowest BCUT2D eigenvalue weighted by molar-refractivity contribution is 0.0953. The molecule has 0 saturated carbocycles. The molecule has 0 aliphatic rings. The minimum absolute atomic E-state index is 0.209. The lowest BCUT2D eigenvalue weighted by Gasteiger charge is -2.26. The molecule has 5 nitrogen and oxygen atoms in total. The molecule has 0 bridgehead atoms. The quantitative estimate of drug-likeness (QED) is 0.581. The number of carbonyl (C=O) groups excluding carboxylic acids is 2. The van der Waals surface area contributed by atoms with Crippen LogP contribution in [-0.4, -0.2) is 31.6 Å². The monoisotopic (exact) mass is 435 g/mol. The first-order chi connectivity index (χ1) is 12.8. The highest BCUT2D eigenvalue weighted by atomic mass is 79.9.